The highest BCUT2D eigenvalue weighted by Gasteiger charge is 2.46. The van der Waals surface area contributed by atoms with E-state index < -0.39 is 11.4 Å². The Bertz CT molecular complexity index is 487. The molecule has 0 aromatic carbocycles. The third-order valence-electron chi connectivity index (χ3n) is 5.21. The van der Waals surface area contributed by atoms with Gasteiger partial charge in [0.05, 0.1) is 11.7 Å². The highest BCUT2D eigenvalue weighted by Crippen LogP contribution is 2.37. The molecule has 2 atom stereocenters. The van der Waals surface area contributed by atoms with Crippen molar-refractivity contribution in [3.63, 3.8) is 0 Å². The number of hydrogen-bond donors (Lipinski definition) is 3. The summed E-state index contributed by atoms with van der Waals surface area (Å²) in [5.41, 5.74) is -1.36. The van der Waals surface area contributed by atoms with Crippen molar-refractivity contribution in [1.29, 1.82) is 0 Å². The van der Waals surface area contributed by atoms with Crippen LogP contribution in [0.2, 0.25) is 0 Å². The number of allylic oxidation sites excluding steroid dienone is 2. The molecule has 0 bridgehead atoms. The van der Waals surface area contributed by atoms with Gasteiger partial charge in [0.25, 0.3) is 0 Å². The van der Waals surface area contributed by atoms with Crippen molar-refractivity contribution in [1.82, 2.24) is 10.6 Å². The molecule has 1 aliphatic heterocycles. The molecule has 0 aromatic rings. The van der Waals surface area contributed by atoms with Gasteiger partial charge in [0.15, 0.2) is 0 Å². The monoisotopic (exact) mass is 308 g/mol. The summed E-state index contributed by atoms with van der Waals surface area (Å²) < 4.78 is 6.10. The number of ether oxygens (including phenoxy) is 1. The quantitative estimate of drug-likeness (QED) is 0.529. The molecule has 3 rings (SSSR count). The van der Waals surface area contributed by atoms with E-state index in [0.717, 1.165) is 19.4 Å². The summed E-state index contributed by atoms with van der Waals surface area (Å²) in [6.45, 7) is 1.94. The maximum absolute atomic E-state index is 12.4. The average Bonchev–Trinajstić information content (AvgIpc) is 2.52. The second-order valence-corrected chi connectivity index (χ2v) is 6.72. The molecule has 22 heavy (non-hydrogen) atoms. The normalized spacial score (nSPS) is 33.2. The van der Waals surface area contributed by atoms with Gasteiger partial charge in [-0.3, -0.25) is 9.59 Å². The first-order valence-corrected chi connectivity index (χ1v) is 8.12. The van der Waals surface area contributed by atoms with E-state index in [1.807, 2.05) is 6.08 Å². The first-order chi connectivity index (χ1) is 10.6. The third-order valence-corrected chi connectivity index (χ3v) is 5.21. The van der Waals surface area contributed by atoms with Gasteiger partial charge < -0.3 is 20.5 Å². The van der Waals surface area contributed by atoms with Crippen molar-refractivity contribution in [2.24, 2.45) is 5.41 Å². The van der Waals surface area contributed by atoms with E-state index >= 15 is 0 Å². The van der Waals surface area contributed by atoms with Crippen LogP contribution in [-0.2, 0) is 14.3 Å². The van der Waals surface area contributed by atoms with E-state index in [9.17, 15) is 14.7 Å². The van der Waals surface area contributed by atoms with Crippen LogP contribution in [0.3, 0.4) is 0 Å². The number of morpholine rings is 1. The third kappa shape index (κ3) is 2.77. The Hall–Kier alpha value is -1.40. The maximum Gasteiger partial charge on any atom is 0.319 e. The summed E-state index contributed by atoms with van der Waals surface area (Å²) in [6.07, 6.45) is 8.22. The zero-order chi connectivity index (χ0) is 15.6. The van der Waals surface area contributed by atoms with Gasteiger partial charge in [0.1, 0.15) is 5.41 Å². The number of hydrogen-bond acceptors (Lipinski definition) is 4. The van der Waals surface area contributed by atoms with Crippen molar-refractivity contribution in [2.45, 2.75) is 50.2 Å². The smallest absolute Gasteiger partial charge is 0.319 e. The van der Waals surface area contributed by atoms with Crippen LogP contribution in [0, 0.1) is 5.41 Å². The van der Waals surface area contributed by atoms with Crippen molar-refractivity contribution >= 4 is 11.9 Å². The largest absolute Gasteiger partial charge is 0.480 e. The van der Waals surface area contributed by atoms with E-state index in [-0.39, 0.29) is 24.0 Å². The lowest BCUT2D eigenvalue weighted by molar-refractivity contribution is -0.163. The Morgan fingerprint density at radius 2 is 2.14 bits per heavy atom. The van der Waals surface area contributed by atoms with Gasteiger partial charge in [0.2, 0.25) is 5.91 Å². The molecule has 2 aliphatic carbocycles. The number of aliphatic carboxylic acids is 1. The minimum atomic E-state index is -1.31. The van der Waals surface area contributed by atoms with Crippen LogP contribution in [-0.4, -0.2) is 48.3 Å². The van der Waals surface area contributed by atoms with Gasteiger partial charge in [-0.15, -0.1) is 0 Å². The van der Waals surface area contributed by atoms with Crippen LogP contribution in [0.1, 0.15) is 38.5 Å². The summed E-state index contributed by atoms with van der Waals surface area (Å²) in [7, 11) is 0. The lowest BCUT2D eigenvalue weighted by Gasteiger charge is -2.47. The molecule has 2 fully saturated rings. The lowest BCUT2D eigenvalue weighted by Crippen LogP contribution is -2.60. The standard InChI is InChI=1S/C16H24N2O4/c19-13(16(14(20)21)7-2-1-3-8-16)18-10-12-9-17-11-15(22-12)5-4-6-15/h1-2,12,17H,3-11H2,(H,18,19)(H,20,21). The molecule has 3 aliphatic rings. The predicted molar refractivity (Wildman–Crippen MR) is 80.4 cm³/mol. The first kappa shape index (κ1) is 15.5. The van der Waals surface area contributed by atoms with Crippen LogP contribution >= 0.6 is 0 Å². The number of carboxylic acids is 1. The Morgan fingerprint density at radius 3 is 2.73 bits per heavy atom. The van der Waals surface area contributed by atoms with Gasteiger partial charge in [-0.1, -0.05) is 12.2 Å². The van der Waals surface area contributed by atoms with Crippen LogP contribution < -0.4 is 10.6 Å². The minimum Gasteiger partial charge on any atom is -0.480 e. The number of carbonyl (C=O) groups excluding carboxylic acids is 1. The summed E-state index contributed by atoms with van der Waals surface area (Å²) in [5.74, 6) is -1.42. The molecule has 0 aromatic heterocycles. The summed E-state index contributed by atoms with van der Waals surface area (Å²) in [6, 6.07) is 0. The zero-order valence-electron chi connectivity index (χ0n) is 12.8. The number of carboxylic acid groups (broad SMARTS) is 1. The topological polar surface area (TPSA) is 87.7 Å². The molecule has 122 valence electrons. The molecule has 3 N–H and O–H groups in total. The van der Waals surface area contributed by atoms with Crippen LogP contribution in [0.4, 0.5) is 0 Å². The van der Waals surface area contributed by atoms with Gasteiger partial charge in [-0.2, -0.15) is 0 Å². The second-order valence-electron chi connectivity index (χ2n) is 6.72. The SMILES string of the molecule is O=C(O)C1(C(=O)NCC2CNCC3(CCC3)O2)CC=CCC1. The van der Waals surface area contributed by atoms with E-state index in [1.54, 1.807) is 6.08 Å². The van der Waals surface area contributed by atoms with E-state index in [2.05, 4.69) is 10.6 Å². The van der Waals surface area contributed by atoms with Gasteiger partial charge in [-0.25, -0.2) is 0 Å². The molecule has 2 unspecified atom stereocenters. The summed E-state index contributed by atoms with van der Waals surface area (Å²) in [4.78, 5) is 24.0. The average molecular weight is 308 g/mol. The molecule has 1 amide bonds. The number of amides is 1. The molecule has 6 nitrogen and oxygen atoms in total. The summed E-state index contributed by atoms with van der Waals surface area (Å²) >= 11 is 0. The number of nitrogens with one attached hydrogen (secondary N) is 2. The van der Waals surface area contributed by atoms with Gasteiger partial charge in [0, 0.05) is 19.6 Å². The van der Waals surface area contributed by atoms with Crippen molar-refractivity contribution < 1.29 is 19.4 Å². The lowest BCUT2D eigenvalue weighted by atomic mass is 9.76. The second kappa shape index (κ2) is 6.01. The van der Waals surface area contributed by atoms with Crippen LogP contribution in [0.15, 0.2) is 12.2 Å². The van der Waals surface area contributed by atoms with Crippen LogP contribution in [0.5, 0.6) is 0 Å². The Labute approximate surface area is 130 Å². The zero-order valence-corrected chi connectivity index (χ0v) is 12.8. The highest BCUT2D eigenvalue weighted by atomic mass is 16.5. The van der Waals surface area contributed by atoms with Crippen LogP contribution in [0.25, 0.3) is 0 Å². The van der Waals surface area contributed by atoms with E-state index in [0.29, 0.717) is 25.9 Å². The maximum atomic E-state index is 12.4. The molecule has 6 heteroatoms. The van der Waals surface area contributed by atoms with Crippen molar-refractivity contribution in [2.75, 3.05) is 19.6 Å². The van der Waals surface area contributed by atoms with Crippen molar-refractivity contribution in [3.05, 3.63) is 12.2 Å². The molecular weight excluding hydrogens is 284 g/mol. The fourth-order valence-corrected chi connectivity index (χ4v) is 3.58. The van der Waals surface area contributed by atoms with Gasteiger partial charge in [-0.05, 0) is 38.5 Å². The Morgan fingerprint density at radius 1 is 1.32 bits per heavy atom. The molecule has 1 spiro atoms. The molecule has 1 heterocycles. The molecular formula is C16H24N2O4. The Balaban J connectivity index is 1.57. The molecule has 0 radical (unpaired) electrons. The summed E-state index contributed by atoms with van der Waals surface area (Å²) in [5, 5.41) is 15.7. The molecule has 1 saturated carbocycles. The van der Waals surface area contributed by atoms with E-state index in [1.165, 1.54) is 6.42 Å². The highest BCUT2D eigenvalue weighted by molar-refractivity contribution is 6.02. The number of rotatable bonds is 4. The minimum absolute atomic E-state index is 0.0499. The predicted octanol–water partition coefficient (Wildman–Crippen LogP) is 0.825. The Kier molecular flexibility index (Phi) is 4.23. The fraction of sp³-hybridized carbons (Fsp3) is 0.750. The number of carbonyl (C=O) groups is 2. The fourth-order valence-electron chi connectivity index (χ4n) is 3.58. The van der Waals surface area contributed by atoms with Crippen molar-refractivity contribution in [3.8, 4) is 0 Å². The van der Waals surface area contributed by atoms with Gasteiger partial charge >= 0.3 is 5.97 Å². The van der Waals surface area contributed by atoms with E-state index in [4.69, 9.17) is 4.74 Å². The molecule has 1 saturated heterocycles. The first-order valence-electron chi connectivity index (χ1n) is 8.12.